The van der Waals surface area contributed by atoms with Crippen LogP contribution in [0.5, 0.6) is 11.5 Å². The third-order valence-electron chi connectivity index (χ3n) is 5.54. The number of hydrogen-bond donors (Lipinski definition) is 1. The molecule has 28 heavy (non-hydrogen) atoms. The van der Waals surface area contributed by atoms with Crippen LogP contribution < -0.4 is 9.47 Å². The number of para-hydroxylation sites is 1. The number of aromatic amines is 1. The van der Waals surface area contributed by atoms with Gasteiger partial charge in [-0.25, -0.2) is 0 Å². The van der Waals surface area contributed by atoms with Gasteiger partial charge in [0.05, 0.1) is 20.3 Å². The van der Waals surface area contributed by atoms with E-state index in [0.717, 1.165) is 29.6 Å². The van der Waals surface area contributed by atoms with Gasteiger partial charge in [0, 0.05) is 29.6 Å². The summed E-state index contributed by atoms with van der Waals surface area (Å²) >= 11 is 0. The molecule has 2 heterocycles. The minimum atomic E-state index is -0.157. The molecule has 5 nitrogen and oxygen atoms in total. The van der Waals surface area contributed by atoms with Crippen molar-refractivity contribution >= 4 is 16.8 Å². The van der Waals surface area contributed by atoms with Gasteiger partial charge in [0.1, 0.15) is 0 Å². The molecule has 0 radical (unpaired) electrons. The summed E-state index contributed by atoms with van der Waals surface area (Å²) in [5, 5.41) is 1.24. The molecular weight excluding hydrogens is 352 g/mol. The molecule has 1 aliphatic heterocycles. The lowest BCUT2D eigenvalue weighted by atomic mass is 9.91. The van der Waals surface area contributed by atoms with Crippen molar-refractivity contribution in [2.75, 3.05) is 20.8 Å². The van der Waals surface area contributed by atoms with Gasteiger partial charge in [-0.3, -0.25) is 4.79 Å². The van der Waals surface area contributed by atoms with Crippen LogP contribution in [0.4, 0.5) is 0 Å². The lowest BCUT2D eigenvalue weighted by Crippen LogP contribution is -2.40. The number of fused-ring (bicyclic) bond motifs is 3. The summed E-state index contributed by atoms with van der Waals surface area (Å²) in [6.45, 7) is 2.76. The number of ether oxygens (including phenoxy) is 2. The number of methoxy groups -OCH3 is 2. The fourth-order valence-electron chi connectivity index (χ4n) is 4.24. The van der Waals surface area contributed by atoms with E-state index in [0.29, 0.717) is 24.5 Å². The van der Waals surface area contributed by atoms with Gasteiger partial charge in [-0.1, -0.05) is 31.2 Å². The SMILES string of the molecule is CCCC(=O)N1CCc2c([nH]c3ccccc23)C1c1ccc(OC)c(OC)c1. The second-order valence-electron chi connectivity index (χ2n) is 7.17. The Morgan fingerprint density at radius 2 is 1.93 bits per heavy atom. The molecule has 1 N–H and O–H groups in total. The zero-order valence-electron chi connectivity index (χ0n) is 16.6. The first-order valence-electron chi connectivity index (χ1n) is 9.78. The molecule has 0 saturated heterocycles. The van der Waals surface area contributed by atoms with Crippen molar-refractivity contribution in [3.05, 3.63) is 59.3 Å². The molecule has 0 bridgehead atoms. The predicted octanol–water partition coefficient (Wildman–Crippen LogP) is 4.46. The fourth-order valence-corrected chi connectivity index (χ4v) is 4.24. The fraction of sp³-hybridized carbons (Fsp3) is 0.348. The van der Waals surface area contributed by atoms with Gasteiger partial charge in [0.2, 0.25) is 5.91 Å². The number of rotatable bonds is 5. The molecule has 1 atom stereocenters. The van der Waals surface area contributed by atoms with Gasteiger partial charge >= 0.3 is 0 Å². The Hall–Kier alpha value is -2.95. The first-order valence-corrected chi connectivity index (χ1v) is 9.78. The predicted molar refractivity (Wildman–Crippen MR) is 110 cm³/mol. The molecule has 0 aliphatic carbocycles. The normalized spacial score (nSPS) is 16.1. The second kappa shape index (κ2) is 7.58. The van der Waals surface area contributed by atoms with Crippen LogP contribution in [0, 0.1) is 0 Å². The smallest absolute Gasteiger partial charge is 0.223 e. The van der Waals surface area contributed by atoms with E-state index in [1.807, 2.05) is 36.1 Å². The van der Waals surface area contributed by atoms with Crippen LogP contribution in [0.1, 0.15) is 42.6 Å². The van der Waals surface area contributed by atoms with Crippen molar-refractivity contribution in [3.8, 4) is 11.5 Å². The first-order chi connectivity index (χ1) is 13.7. The highest BCUT2D eigenvalue weighted by atomic mass is 16.5. The highest BCUT2D eigenvalue weighted by Gasteiger charge is 2.34. The number of nitrogens with one attached hydrogen (secondary N) is 1. The Morgan fingerprint density at radius 3 is 2.68 bits per heavy atom. The maximum absolute atomic E-state index is 12.9. The molecule has 5 heteroatoms. The standard InChI is InChI=1S/C23H26N2O3/c1-4-7-21(26)25-13-12-17-16-8-5-6-9-18(16)24-22(17)23(25)15-10-11-19(27-2)20(14-15)28-3/h5-6,8-11,14,23-24H,4,7,12-13H2,1-3H3. The van der Waals surface area contributed by atoms with Gasteiger partial charge in [-0.15, -0.1) is 0 Å². The van der Waals surface area contributed by atoms with Crippen LogP contribution in [-0.2, 0) is 11.2 Å². The molecule has 0 spiro atoms. The summed E-state index contributed by atoms with van der Waals surface area (Å²) in [5.41, 5.74) is 4.54. The van der Waals surface area contributed by atoms with Gasteiger partial charge in [0.15, 0.2) is 11.5 Å². The monoisotopic (exact) mass is 378 g/mol. The van der Waals surface area contributed by atoms with Gasteiger partial charge in [-0.05, 0) is 42.2 Å². The minimum Gasteiger partial charge on any atom is -0.493 e. The van der Waals surface area contributed by atoms with E-state index in [-0.39, 0.29) is 11.9 Å². The molecule has 1 amide bonds. The third-order valence-corrected chi connectivity index (χ3v) is 5.54. The number of H-pyrrole nitrogens is 1. The molecule has 1 aliphatic rings. The van der Waals surface area contributed by atoms with Crippen molar-refractivity contribution < 1.29 is 14.3 Å². The highest BCUT2D eigenvalue weighted by molar-refractivity contribution is 5.86. The number of nitrogens with zero attached hydrogens (tertiary/aromatic N) is 1. The van der Waals surface area contributed by atoms with Crippen LogP contribution in [0.2, 0.25) is 0 Å². The molecule has 4 rings (SSSR count). The number of aromatic nitrogens is 1. The quantitative estimate of drug-likeness (QED) is 0.713. The van der Waals surface area contributed by atoms with E-state index >= 15 is 0 Å². The average molecular weight is 378 g/mol. The largest absolute Gasteiger partial charge is 0.493 e. The molecular formula is C23H26N2O3. The summed E-state index contributed by atoms with van der Waals surface area (Å²) < 4.78 is 10.9. The number of benzene rings is 2. The van der Waals surface area contributed by atoms with Gasteiger partial charge in [-0.2, -0.15) is 0 Å². The zero-order chi connectivity index (χ0) is 19.7. The topological polar surface area (TPSA) is 54.6 Å². The molecule has 1 aromatic heterocycles. The van der Waals surface area contributed by atoms with Gasteiger partial charge in [0.25, 0.3) is 0 Å². The maximum atomic E-state index is 12.9. The van der Waals surface area contributed by atoms with E-state index in [2.05, 4.69) is 23.2 Å². The van der Waals surface area contributed by atoms with Crippen LogP contribution in [0.25, 0.3) is 10.9 Å². The number of carbonyl (C=O) groups is 1. The van der Waals surface area contributed by atoms with Crippen molar-refractivity contribution in [1.82, 2.24) is 9.88 Å². The van der Waals surface area contributed by atoms with Crippen molar-refractivity contribution in [2.24, 2.45) is 0 Å². The Balaban J connectivity index is 1.88. The molecule has 2 aromatic carbocycles. The molecule has 146 valence electrons. The number of hydrogen-bond acceptors (Lipinski definition) is 3. The van der Waals surface area contributed by atoms with E-state index in [4.69, 9.17) is 9.47 Å². The molecule has 1 unspecified atom stereocenters. The molecule has 0 saturated carbocycles. The van der Waals surface area contributed by atoms with Crippen molar-refractivity contribution in [1.29, 1.82) is 0 Å². The first kappa shape index (κ1) is 18.4. The van der Waals surface area contributed by atoms with Crippen LogP contribution in [0.15, 0.2) is 42.5 Å². The minimum absolute atomic E-state index is 0.157. The highest BCUT2D eigenvalue weighted by Crippen LogP contribution is 2.41. The number of amides is 1. The lowest BCUT2D eigenvalue weighted by Gasteiger charge is -2.36. The Labute approximate surface area is 165 Å². The summed E-state index contributed by atoms with van der Waals surface area (Å²) in [7, 11) is 3.27. The maximum Gasteiger partial charge on any atom is 0.223 e. The lowest BCUT2D eigenvalue weighted by molar-refractivity contribution is -0.133. The zero-order valence-corrected chi connectivity index (χ0v) is 16.6. The van der Waals surface area contributed by atoms with Crippen molar-refractivity contribution in [2.45, 2.75) is 32.2 Å². The second-order valence-corrected chi connectivity index (χ2v) is 7.17. The summed E-state index contributed by atoms with van der Waals surface area (Å²) in [5.74, 6) is 1.54. The average Bonchev–Trinajstić information content (AvgIpc) is 3.11. The van der Waals surface area contributed by atoms with Crippen LogP contribution in [-0.4, -0.2) is 36.6 Å². The summed E-state index contributed by atoms with van der Waals surface area (Å²) in [6, 6.07) is 14.1. The van der Waals surface area contributed by atoms with Crippen LogP contribution >= 0.6 is 0 Å². The molecule has 3 aromatic rings. The van der Waals surface area contributed by atoms with Gasteiger partial charge < -0.3 is 19.4 Å². The van der Waals surface area contributed by atoms with Crippen molar-refractivity contribution in [3.63, 3.8) is 0 Å². The van der Waals surface area contributed by atoms with Crippen LogP contribution in [0.3, 0.4) is 0 Å². The van der Waals surface area contributed by atoms with E-state index in [9.17, 15) is 4.79 Å². The Bertz CT molecular complexity index is 1010. The Morgan fingerprint density at radius 1 is 1.14 bits per heavy atom. The summed E-state index contributed by atoms with van der Waals surface area (Å²) in [4.78, 5) is 18.5. The van der Waals surface area contributed by atoms with E-state index in [1.165, 1.54) is 10.9 Å². The Kier molecular flexibility index (Phi) is 4.99. The number of carbonyl (C=O) groups excluding carboxylic acids is 1. The molecule has 0 fully saturated rings. The van der Waals surface area contributed by atoms with E-state index in [1.54, 1.807) is 14.2 Å². The summed E-state index contributed by atoms with van der Waals surface area (Å²) in [6.07, 6.45) is 2.26. The van der Waals surface area contributed by atoms with E-state index < -0.39 is 0 Å². The third kappa shape index (κ3) is 3.01.